The van der Waals surface area contributed by atoms with Crippen LogP contribution in [0.1, 0.15) is 21.5 Å². The third-order valence-corrected chi connectivity index (χ3v) is 5.73. The van der Waals surface area contributed by atoms with Crippen molar-refractivity contribution in [3.05, 3.63) is 83.4 Å². The summed E-state index contributed by atoms with van der Waals surface area (Å²) >= 11 is 0. The molecule has 0 heterocycles. The van der Waals surface area contributed by atoms with Crippen LogP contribution in [0.15, 0.2) is 76.7 Å². The van der Waals surface area contributed by atoms with Gasteiger partial charge in [0.2, 0.25) is 0 Å². The van der Waals surface area contributed by atoms with E-state index in [0.29, 0.717) is 17.0 Å². The van der Waals surface area contributed by atoms with Gasteiger partial charge in [-0.05, 0) is 61.5 Å². The van der Waals surface area contributed by atoms with Crippen molar-refractivity contribution >= 4 is 27.8 Å². The van der Waals surface area contributed by atoms with E-state index in [2.05, 4.69) is 15.2 Å². The number of carbonyl (C=O) groups is 1. The molecule has 3 aromatic rings. The van der Waals surface area contributed by atoms with Gasteiger partial charge in [0.05, 0.1) is 18.2 Å². The van der Waals surface area contributed by atoms with Crippen LogP contribution in [0.2, 0.25) is 0 Å². The lowest BCUT2D eigenvalue weighted by atomic mass is 10.2. The predicted molar refractivity (Wildman–Crippen MR) is 118 cm³/mol. The van der Waals surface area contributed by atoms with Gasteiger partial charge in [0.15, 0.2) is 0 Å². The minimum atomic E-state index is -3.73. The molecule has 0 atom stereocenters. The second-order valence-corrected chi connectivity index (χ2v) is 8.30. The van der Waals surface area contributed by atoms with Crippen molar-refractivity contribution in [3.63, 3.8) is 0 Å². The van der Waals surface area contributed by atoms with E-state index in [1.807, 2.05) is 6.92 Å². The molecule has 0 fully saturated rings. The summed E-state index contributed by atoms with van der Waals surface area (Å²) in [6.45, 7) is 1.87. The number of methoxy groups -OCH3 is 1. The summed E-state index contributed by atoms with van der Waals surface area (Å²) in [6.07, 6.45) is 1.29. The first kappa shape index (κ1) is 21.8. The number of carbonyl (C=O) groups excluding carboxylic acids is 1. The van der Waals surface area contributed by atoms with Crippen molar-refractivity contribution in [2.75, 3.05) is 11.8 Å². The molecule has 0 bridgehead atoms. The molecule has 0 saturated heterocycles. The summed E-state index contributed by atoms with van der Waals surface area (Å²) in [6, 6.07) is 17.0. The van der Waals surface area contributed by atoms with Crippen LogP contribution in [-0.2, 0) is 10.0 Å². The van der Waals surface area contributed by atoms with Gasteiger partial charge >= 0.3 is 0 Å². The SMILES string of the molecule is COc1ccc(O)c(C=NNC(=O)c2ccc(NS(=O)(=O)c3ccc(C)cc3)cc2)c1. The van der Waals surface area contributed by atoms with Gasteiger partial charge in [-0.2, -0.15) is 5.10 Å². The number of phenolic OH excluding ortho intramolecular Hbond substituents is 1. The quantitative estimate of drug-likeness (QED) is 0.386. The van der Waals surface area contributed by atoms with Crippen molar-refractivity contribution in [1.29, 1.82) is 0 Å². The highest BCUT2D eigenvalue weighted by molar-refractivity contribution is 7.92. The van der Waals surface area contributed by atoms with Gasteiger partial charge in [0.1, 0.15) is 11.5 Å². The highest BCUT2D eigenvalue weighted by atomic mass is 32.2. The van der Waals surface area contributed by atoms with Crippen molar-refractivity contribution < 1.29 is 23.1 Å². The molecule has 3 aromatic carbocycles. The summed E-state index contributed by atoms with van der Waals surface area (Å²) in [5.74, 6) is 0.0323. The summed E-state index contributed by atoms with van der Waals surface area (Å²) in [4.78, 5) is 12.4. The summed E-state index contributed by atoms with van der Waals surface area (Å²) < 4.78 is 32.4. The minimum absolute atomic E-state index is 0.0102. The van der Waals surface area contributed by atoms with Crippen LogP contribution in [0.5, 0.6) is 11.5 Å². The molecule has 0 unspecified atom stereocenters. The van der Waals surface area contributed by atoms with Crippen LogP contribution in [0.25, 0.3) is 0 Å². The first-order valence-electron chi connectivity index (χ1n) is 9.18. The van der Waals surface area contributed by atoms with Crippen LogP contribution in [-0.4, -0.2) is 32.8 Å². The van der Waals surface area contributed by atoms with Crippen LogP contribution in [0.4, 0.5) is 5.69 Å². The summed E-state index contributed by atoms with van der Waals surface area (Å²) in [5, 5.41) is 13.6. The van der Waals surface area contributed by atoms with E-state index in [9.17, 15) is 18.3 Å². The van der Waals surface area contributed by atoms with Gasteiger partial charge in [-0.3, -0.25) is 9.52 Å². The van der Waals surface area contributed by atoms with Gasteiger partial charge < -0.3 is 9.84 Å². The molecule has 0 aliphatic carbocycles. The third kappa shape index (κ3) is 5.61. The molecule has 0 aliphatic heterocycles. The number of aryl methyl sites for hydroxylation is 1. The number of nitrogens with one attached hydrogen (secondary N) is 2. The van der Waals surface area contributed by atoms with E-state index in [1.165, 1.54) is 55.8 Å². The molecule has 31 heavy (non-hydrogen) atoms. The standard InChI is InChI=1S/C22H21N3O5S/c1-15-3-10-20(11-4-15)31(28,29)25-18-7-5-16(6-8-18)22(27)24-23-14-17-13-19(30-2)9-12-21(17)26/h3-14,25-26H,1-2H3,(H,24,27). The molecule has 0 radical (unpaired) electrons. The zero-order valence-corrected chi connectivity index (χ0v) is 17.7. The van der Waals surface area contributed by atoms with Gasteiger partial charge in [0, 0.05) is 16.8 Å². The second kappa shape index (κ2) is 9.31. The molecule has 3 rings (SSSR count). The van der Waals surface area contributed by atoms with E-state index < -0.39 is 15.9 Å². The number of nitrogens with zero attached hydrogens (tertiary/aromatic N) is 1. The Labute approximate surface area is 180 Å². The number of hydrogen-bond acceptors (Lipinski definition) is 6. The number of amides is 1. The molecule has 160 valence electrons. The smallest absolute Gasteiger partial charge is 0.271 e. The lowest BCUT2D eigenvalue weighted by Gasteiger charge is -2.09. The number of aromatic hydroxyl groups is 1. The van der Waals surface area contributed by atoms with E-state index >= 15 is 0 Å². The number of hydrogen-bond donors (Lipinski definition) is 3. The fourth-order valence-corrected chi connectivity index (χ4v) is 3.67. The lowest BCUT2D eigenvalue weighted by Crippen LogP contribution is -2.18. The number of anilines is 1. The Morgan fingerprint density at radius 1 is 1.03 bits per heavy atom. The van der Waals surface area contributed by atoms with Crippen LogP contribution >= 0.6 is 0 Å². The maximum Gasteiger partial charge on any atom is 0.271 e. The predicted octanol–water partition coefficient (Wildman–Crippen LogP) is 3.27. The number of phenols is 1. The van der Waals surface area contributed by atoms with E-state index in [1.54, 1.807) is 24.3 Å². The number of ether oxygens (including phenoxy) is 1. The topological polar surface area (TPSA) is 117 Å². The Bertz CT molecular complexity index is 1200. The Hall–Kier alpha value is -3.85. The highest BCUT2D eigenvalue weighted by Crippen LogP contribution is 2.21. The van der Waals surface area contributed by atoms with Gasteiger partial charge in [0.25, 0.3) is 15.9 Å². The highest BCUT2D eigenvalue weighted by Gasteiger charge is 2.14. The number of hydrazone groups is 1. The average Bonchev–Trinajstić information content (AvgIpc) is 2.75. The molecule has 0 saturated carbocycles. The van der Waals surface area contributed by atoms with Gasteiger partial charge in [-0.15, -0.1) is 0 Å². The molecule has 9 heteroatoms. The molecule has 0 spiro atoms. The first-order valence-corrected chi connectivity index (χ1v) is 10.7. The normalized spacial score (nSPS) is 11.3. The maximum atomic E-state index is 12.4. The van der Waals surface area contributed by atoms with Crippen molar-refractivity contribution in [2.45, 2.75) is 11.8 Å². The van der Waals surface area contributed by atoms with Crippen LogP contribution in [0, 0.1) is 6.92 Å². The Kier molecular flexibility index (Phi) is 6.56. The maximum absolute atomic E-state index is 12.4. The first-order chi connectivity index (χ1) is 14.8. The lowest BCUT2D eigenvalue weighted by molar-refractivity contribution is 0.0955. The Morgan fingerprint density at radius 2 is 1.71 bits per heavy atom. The van der Waals surface area contributed by atoms with Crippen LogP contribution < -0.4 is 14.9 Å². The van der Waals surface area contributed by atoms with Gasteiger partial charge in [-0.1, -0.05) is 17.7 Å². The zero-order chi connectivity index (χ0) is 22.4. The molecule has 3 N–H and O–H groups in total. The molecule has 0 aliphatic rings. The Balaban J connectivity index is 1.64. The molecular weight excluding hydrogens is 418 g/mol. The van der Waals surface area contributed by atoms with Crippen LogP contribution in [0.3, 0.4) is 0 Å². The number of benzene rings is 3. The largest absolute Gasteiger partial charge is 0.507 e. The molecular formula is C22H21N3O5S. The number of rotatable bonds is 7. The Morgan fingerprint density at radius 3 is 2.35 bits per heavy atom. The average molecular weight is 439 g/mol. The van der Waals surface area contributed by atoms with E-state index in [-0.39, 0.29) is 16.2 Å². The van der Waals surface area contributed by atoms with Crippen molar-refractivity contribution in [2.24, 2.45) is 5.10 Å². The summed E-state index contributed by atoms with van der Waals surface area (Å²) in [7, 11) is -2.23. The van der Waals surface area contributed by atoms with Crippen molar-refractivity contribution in [1.82, 2.24) is 5.43 Å². The van der Waals surface area contributed by atoms with E-state index in [0.717, 1.165) is 5.56 Å². The number of sulfonamides is 1. The third-order valence-electron chi connectivity index (χ3n) is 4.34. The monoisotopic (exact) mass is 439 g/mol. The zero-order valence-electron chi connectivity index (χ0n) is 16.9. The fraction of sp³-hybridized carbons (Fsp3) is 0.0909. The summed E-state index contributed by atoms with van der Waals surface area (Å²) in [5.41, 5.74) is 4.29. The van der Waals surface area contributed by atoms with Crippen molar-refractivity contribution in [3.8, 4) is 11.5 Å². The van der Waals surface area contributed by atoms with E-state index in [4.69, 9.17) is 4.74 Å². The molecule has 1 amide bonds. The van der Waals surface area contributed by atoms with Gasteiger partial charge in [-0.25, -0.2) is 13.8 Å². The molecule has 0 aromatic heterocycles. The second-order valence-electron chi connectivity index (χ2n) is 6.62. The minimum Gasteiger partial charge on any atom is -0.507 e. The fourth-order valence-electron chi connectivity index (χ4n) is 2.61. The molecule has 8 nitrogen and oxygen atoms in total.